The third-order valence-electron chi connectivity index (χ3n) is 6.47. The van der Waals surface area contributed by atoms with Crippen LogP contribution in [0, 0.1) is 0 Å². The van der Waals surface area contributed by atoms with Crippen molar-refractivity contribution in [1.82, 2.24) is 19.5 Å². The van der Waals surface area contributed by atoms with Crippen LogP contribution in [0.1, 0.15) is 6.23 Å². The molecule has 2 saturated heterocycles. The zero-order valence-corrected chi connectivity index (χ0v) is 23.7. The summed E-state index contributed by atoms with van der Waals surface area (Å²) < 4.78 is 52.4. The summed E-state index contributed by atoms with van der Waals surface area (Å²) in [6, 6.07) is 0. The molecule has 2 aromatic heterocycles. The first kappa shape index (κ1) is 33.3. The molecule has 4 rings (SSSR count). The number of aliphatic hydroxyl groups is 6. The number of phosphoric ester groups is 1. The summed E-state index contributed by atoms with van der Waals surface area (Å²) in [5.41, 5.74) is 3.89. The van der Waals surface area contributed by atoms with Crippen LogP contribution in [0.4, 0.5) is 10.2 Å². The molecular formula is C19H28FN5O14P2S. The summed E-state index contributed by atoms with van der Waals surface area (Å²) in [5, 5.41) is 60.7. The number of nitrogens with zero attached hydrogens (tertiary/aromatic N) is 4. The smallest absolute Gasteiger partial charge is 0.393 e. The van der Waals surface area contributed by atoms with Crippen LogP contribution in [-0.4, -0.2) is 128 Å². The van der Waals surface area contributed by atoms with E-state index in [2.05, 4.69) is 30.4 Å². The number of fused-ring (bicyclic) bond motifs is 1. The lowest BCUT2D eigenvalue weighted by molar-refractivity contribution is -0.287. The standard InChI is InChI=1S/C19H28FN5O14P2S/c1-2-19(31)14(30)8(36-18(19)25-6-24-9-15(21)22-5-23-16(9)25)4-35-41(34,42)39-40(32,33)38-17-12(29)10(27)11(28)13(37-17)7(20)3-26/h2,5-8,10-14,17-18,26-31H,1,3-4H2,(H,32,33)(H,34,42)(H2,21,22,23)/t7-,8+,10?,11?,12?,13?,14+,17?,18+,19+,41?/m0/s1. The van der Waals surface area contributed by atoms with E-state index in [1.807, 2.05) is 0 Å². The first-order valence-electron chi connectivity index (χ1n) is 11.8. The number of phosphoric acid groups is 1. The van der Waals surface area contributed by atoms with Gasteiger partial charge in [-0.15, -0.1) is 0 Å². The highest BCUT2D eigenvalue weighted by molar-refractivity contribution is 8.08. The first-order chi connectivity index (χ1) is 19.5. The third-order valence-corrected chi connectivity index (χ3v) is 9.99. The van der Waals surface area contributed by atoms with Gasteiger partial charge >= 0.3 is 14.5 Å². The molecule has 0 amide bonds. The van der Waals surface area contributed by atoms with E-state index in [0.29, 0.717) is 0 Å². The second-order valence-corrected chi connectivity index (χ2v) is 13.6. The number of rotatable bonds is 11. The fourth-order valence-electron chi connectivity index (χ4n) is 4.31. The lowest BCUT2D eigenvalue weighted by atomic mass is 9.94. The molecule has 0 aromatic carbocycles. The van der Waals surface area contributed by atoms with Crippen molar-refractivity contribution in [2.75, 3.05) is 18.9 Å². The van der Waals surface area contributed by atoms with Crippen molar-refractivity contribution in [3.8, 4) is 0 Å². The quantitative estimate of drug-likeness (QED) is 0.0860. The van der Waals surface area contributed by atoms with Gasteiger partial charge in [-0.1, -0.05) is 12.7 Å². The molecule has 0 spiro atoms. The SMILES string of the molecule is C=C[C@@]1(O)[C@H](O)[C@@H](COP(O)(=S)OP(=O)(O)OC2OC([C@@H](F)CO)C(O)C(O)C2O)O[C@H]1n1cnc2c(N)ncnc21. The number of hydrogen-bond acceptors (Lipinski definition) is 17. The van der Waals surface area contributed by atoms with Crippen LogP contribution in [0.25, 0.3) is 11.2 Å². The number of alkyl halides is 1. The number of halogens is 1. The van der Waals surface area contributed by atoms with Crippen molar-refractivity contribution in [3.63, 3.8) is 0 Å². The van der Waals surface area contributed by atoms with Crippen LogP contribution >= 0.6 is 14.5 Å². The fourth-order valence-corrected chi connectivity index (χ4v) is 7.41. The zero-order chi connectivity index (χ0) is 31.2. The van der Waals surface area contributed by atoms with Gasteiger partial charge in [-0.25, -0.2) is 28.2 Å². The average molecular weight is 663 g/mol. The van der Waals surface area contributed by atoms with Gasteiger partial charge in [0.2, 0.25) is 0 Å². The van der Waals surface area contributed by atoms with Crippen LogP contribution in [0.15, 0.2) is 25.3 Å². The Kier molecular flexibility index (Phi) is 9.83. The molecule has 2 aromatic rings. The third kappa shape index (κ3) is 6.42. The summed E-state index contributed by atoms with van der Waals surface area (Å²) in [4.78, 5) is 32.4. The number of hydrogen-bond donors (Lipinski definition) is 9. The van der Waals surface area contributed by atoms with E-state index in [4.69, 9.17) is 36.6 Å². The Labute approximate surface area is 240 Å². The minimum Gasteiger partial charge on any atom is -0.393 e. The van der Waals surface area contributed by atoms with Crippen LogP contribution in [0.5, 0.6) is 0 Å². The number of nitrogen functional groups attached to an aromatic ring is 1. The van der Waals surface area contributed by atoms with Gasteiger partial charge < -0.3 is 60.2 Å². The maximum Gasteiger partial charge on any atom is 0.481 e. The van der Waals surface area contributed by atoms with Gasteiger partial charge in [0.25, 0.3) is 0 Å². The van der Waals surface area contributed by atoms with Gasteiger partial charge in [-0.3, -0.25) is 9.09 Å². The molecule has 0 aliphatic carbocycles. The Morgan fingerprint density at radius 2 is 1.90 bits per heavy atom. The highest BCUT2D eigenvalue weighted by Crippen LogP contribution is 2.62. The molecular weight excluding hydrogens is 635 g/mol. The molecule has 2 fully saturated rings. The van der Waals surface area contributed by atoms with Crippen molar-refractivity contribution in [1.29, 1.82) is 0 Å². The lowest BCUT2D eigenvalue weighted by Gasteiger charge is -2.41. The summed E-state index contributed by atoms with van der Waals surface area (Å²) in [6.07, 6.45) is -14.3. The van der Waals surface area contributed by atoms with Crippen LogP contribution in [0.3, 0.4) is 0 Å². The lowest BCUT2D eigenvalue weighted by Crippen LogP contribution is -2.60. The molecule has 12 atom stereocenters. The van der Waals surface area contributed by atoms with E-state index in [1.54, 1.807) is 0 Å². The predicted octanol–water partition coefficient (Wildman–Crippen LogP) is -2.91. The molecule has 42 heavy (non-hydrogen) atoms. The average Bonchev–Trinajstić information content (AvgIpc) is 3.46. The molecule has 0 bridgehead atoms. The van der Waals surface area contributed by atoms with Crippen molar-refractivity contribution in [2.45, 2.75) is 60.9 Å². The van der Waals surface area contributed by atoms with E-state index in [1.165, 1.54) is 10.9 Å². The Hall–Kier alpha value is -1.62. The zero-order valence-electron chi connectivity index (χ0n) is 21.1. The largest absolute Gasteiger partial charge is 0.481 e. The maximum atomic E-state index is 13.9. The van der Waals surface area contributed by atoms with Gasteiger partial charge in [-0.2, -0.15) is 0 Å². The maximum absolute atomic E-state index is 13.9. The molecule has 19 nitrogen and oxygen atoms in total. The molecule has 236 valence electrons. The summed E-state index contributed by atoms with van der Waals surface area (Å²) >= 11 is 4.72. The van der Waals surface area contributed by atoms with E-state index < -0.39 is 88.7 Å². The Balaban J connectivity index is 1.44. The van der Waals surface area contributed by atoms with Crippen LogP contribution in [0.2, 0.25) is 0 Å². The molecule has 4 heterocycles. The van der Waals surface area contributed by atoms with E-state index >= 15 is 0 Å². The van der Waals surface area contributed by atoms with Crippen molar-refractivity contribution >= 4 is 43.3 Å². The number of nitrogens with two attached hydrogens (primary N) is 1. The van der Waals surface area contributed by atoms with Crippen molar-refractivity contribution in [2.24, 2.45) is 0 Å². The topological polar surface area (TPSA) is 295 Å². The Morgan fingerprint density at radius 3 is 2.55 bits per heavy atom. The molecule has 0 saturated carbocycles. The van der Waals surface area contributed by atoms with Gasteiger partial charge in [-0.05, 0) is 11.8 Å². The van der Waals surface area contributed by atoms with Gasteiger partial charge in [0.15, 0.2) is 35.8 Å². The van der Waals surface area contributed by atoms with E-state index in [0.717, 1.165) is 12.4 Å². The molecule has 7 unspecified atom stereocenters. The predicted molar refractivity (Wildman–Crippen MR) is 138 cm³/mol. The first-order valence-corrected chi connectivity index (χ1v) is 15.9. The summed E-state index contributed by atoms with van der Waals surface area (Å²) in [6.45, 7) is -3.25. The number of anilines is 1. The van der Waals surface area contributed by atoms with Gasteiger partial charge in [0.1, 0.15) is 48.5 Å². The highest BCUT2D eigenvalue weighted by atomic mass is 32.5. The van der Waals surface area contributed by atoms with E-state index in [9.17, 15) is 44.3 Å². The summed E-state index contributed by atoms with van der Waals surface area (Å²) in [7, 11) is -5.52. The molecule has 2 aliphatic heterocycles. The van der Waals surface area contributed by atoms with Gasteiger partial charge in [0, 0.05) is 0 Å². The van der Waals surface area contributed by atoms with Crippen LogP contribution < -0.4 is 5.73 Å². The van der Waals surface area contributed by atoms with Crippen LogP contribution in [-0.2, 0) is 39.2 Å². The highest BCUT2D eigenvalue weighted by Gasteiger charge is 2.56. The number of aliphatic hydroxyl groups excluding tert-OH is 5. The fraction of sp³-hybridized carbons (Fsp3) is 0.632. The van der Waals surface area contributed by atoms with Crippen molar-refractivity contribution in [3.05, 3.63) is 25.3 Å². The number of ether oxygens (including phenoxy) is 2. The second kappa shape index (κ2) is 12.4. The number of imidazole rings is 1. The molecule has 10 N–H and O–H groups in total. The summed E-state index contributed by atoms with van der Waals surface area (Å²) in [5.74, 6) is 0.0263. The second-order valence-electron chi connectivity index (χ2n) is 9.21. The minimum absolute atomic E-state index is 0.0263. The Bertz CT molecular complexity index is 1390. The molecule has 2 aliphatic rings. The molecule has 0 radical (unpaired) electrons. The number of aromatic nitrogens is 4. The Morgan fingerprint density at radius 1 is 1.21 bits per heavy atom. The van der Waals surface area contributed by atoms with E-state index in [-0.39, 0.29) is 17.0 Å². The van der Waals surface area contributed by atoms with Gasteiger partial charge in [0.05, 0.1) is 19.5 Å². The minimum atomic E-state index is -5.52. The normalized spacial score (nSPS) is 37.3. The molecule has 23 heteroatoms. The van der Waals surface area contributed by atoms with Crippen molar-refractivity contribution < 1.29 is 72.2 Å². The monoisotopic (exact) mass is 663 g/mol.